The fraction of sp³-hybridized carbons (Fsp3) is 0.267. The Hall–Kier alpha value is -3.48. The summed E-state index contributed by atoms with van der Waals surface area (Å²) in [5, 5.41) is 8.29. The van der Waals surface area contributed by atoms with Gasteiger partial charge in [0.2, 0.25) is 0 Å². The molecule has 0 radical (unpaired) electrons. The summed E-state index contributed by atoms with van der Waals surface area (Å²) < 4.78 is 14.5. The van der Waals surface area contributed by atoms with Crippen molar-refractivity contribution in [2.45, 2.75) is 20.8 Å². The number of aromatic nitrogens is 2. The number of pyridine rings is 2. The number of allylic oxidation sites excluding steroid dienone is 1. The van der Waals surface area contributed by atoms with Gasteiger partial charge in [0.05, 0.1) is 23.1 Å². The quantitative estimate of drug-likeness (QED) is 0.284. The average Bonchev–Trinajstić information content (AvgIpc) is 2.92. The minimum atomic E-state index is -0.323. The molecule has 0 spiro atoms. The minimum absolute atomic E-state index is 0.237. The van der Waals surface area contributed by atoms with Crippen molar-refractivity contribution in [2.24, 2.45) is 5.92 Å². The topological polar surface area (TPSA) is 53.1 Å². The van der Waals surface area contributed by atoms with Crippen LogP contribution in [0, 0.1) is 18.7 Å². The van der Waals surface area contributed by atoms with Crippen molar-refractivity contribution >= 4 is 45.3 Å². The smallest absolute Gasteiger partial charge is 0.128 e. The van der Waals surface area contributed by atoms with Crippen molar-refractivity contribution in [2.75, 3.05) is 36.4 Å². The van der Waals surface area contributed by atoms with Crippen LogP contribution < -0.4 is 15.5 Å². The molecular formula is C30H31ClFN5. The van der Waals surface area contributed by atoms with Crippen LogP contribution in [-0.4, -0.2) is 36.1 Å². The first-order valence-corrected chi connectivity index (χ1v) is 13.0. The second-order valence-corrected chi connectivity index (χ2v) is 10.2. The molecule has 1 aliphatic rings. The second kappa shape index (κ2) is 10.5. The molecule has 1 aliphatic heterocycles. The molecule has 2 aromatic carbocycles. The second-order valence-electron chi connectivity index (χ2n) is 9.79. The number of hydrogen-bond acceptors (Lipinski definition) is 5. The average molecular weight is 516 g/mol. The largest absolute Gasteiger partial charge is 0.354 e. The van der Waals surface area contributed by atoms with E-state index in [-0.39, 0.29) is 11.7 Å². The first kappa shape index (κ1) is 25.2. The molecule has 7 heteroatoms. The van der Waals surface area contributed by atoms with Crippen LogP contribution in [0.25, 0.3) is 27.6 Å². The highest BCUT2D eigenvalue weighted by atomic mass is 35.5. The summed E-state index contributed by atoms with van der Waals surface area (Å²) >= 11 is 6.31. The summed E-state index contributed by atoms with van der Waals surface area (Å²) in [4.78, 5) is 11.7. The summed E-state index contributed by atoms with van der Waals surface area (Å²) in [5.74, 6) is 0.886. The lowest BCUT2D eigenvalue weighted by atomic mass is 9.94. The van der Waals surface area contributed by atoms with Gasteiger partial charge in [-0.1, -0.05) is 38.1 Å². The number of halogens is 2. The monoisotopic (exact) mass is 515 g/mol. The van der Waals surface area contributed by atoms with E-state index in [1.54, 1.807) is 13.0 Å². The van der Waals surface area contributed by atoms with E-state index in [0.717, 1.165) is 76.5 Å². The van der Waals surface area contributed by atoms with E-state index in [2.05, 4.69) is 48.1 Å². The van der Waals surface area contributed by atoms with Crippen LogP contribution in [0.4, 0.5) is 21.6 Å². The number of hydrogen-bond donors (Lipinski definition) is 2. The third-order valence-corrected chi connectivity index (χ3v) is 7.38. The number of rotatable bonds is 6. The van der Waals surface area contributed by atoms with E-state index < -0.39 is 0 Å². The minimum Gasteiger partial charge on any atom is -0.354 e. The Bertz CT molecular complexity index is 1440. The van der Waals surface area contributed by atoms with Crippen molar-refractivity contribution in [3.8, 4) is 11.1 Å². The molecule has 3 heterocycles. The Kier molecular flexibility index (Phi) is 7.13. The lowest BCUT2D eigenvalue weighted by Crippen LogP contribution is -2.43. The van der Waals surface area contributed by atoms with E-state index in [4.69, 9.17) is 21.6 Å². The van der Waals surface area contributed by atoms with Crippen LogP contribution in [0.1, 0.15) is 25.0 Å². The van der Waals surface area contributed by atoms with Crippen LogP contribution in [0.3, 0.4) is 0 Å². The number of fused-ring (bicyclic) bond motifs is 1. The number of anilines is 3. The third kappa shape index (κ3) is 5.17. The molecule has 0 bridgehead atoms. The van der Waals surface area contributed by atoms with E-state index in [1.165, 1.54) is 6.07 Å². The van der Waals surface area contributed by atoms with Gasteiger partial charge in [0.1, 0.15) is 11.6 Å². The maximum atomic E-state index is 14.5. The van der Waals surface area contributed by atoms with Crippen LogP contribution in [0.5, 0.6) is 0 Å². The summed E-state index contributed by atoms with van der Waals surface area (Å²) in [7, 11) is 0. The predicted molar refractivity (Wildman–Crippen MR) is 153 cm³/mol. The summed E-state index contributed by atoms with van der Waals surface area (Å²) in [6, 6.07) is 13.4. The van der Waals surface area contributed by atoms with Gasteiger partial charge in [0.25, 0.3) is 0 Å². The molecule has 0 atom stereocenters. The van der Waals surface area contributed by atoms with Gasteiger partial charge >= 0.3 is 0 Å². The number of piperazine rings is 1. The summed E-state index contributed by atoms with van der Waals surface area (Å²) in [5.41, 5.74) is 6.56. The molecular weight excluding hydrogens is 485 g/mol. The molecule has 0 saturated carbocycles. The number of benzene rings is 2. The molecule has 37 heavy (non-hydrogen) atoms. The third-order valence-electron chi connectivity index (χ3n) is 6.98. The maximum absolute atomic E-state index is 14.5. The molecule has 190 valence electrons. The molecule has 5 nitrogen and oxygen atoms in total. The van der Waals surface area contributed by atoms with Crippen molar-refractivity contribution in [3.63, 3.8) is 0 Å². The highest BCUT2D eigenvalue weighted by Gasteiger charge is 2.17. The Morgan fingerprint density at radius 3 is 2.51 bits per heavy atom. The van der Waals surface area contributed by atoms with Gasteiger partial charge in [-0.25, -0.2) is 9.37 Å². The Labute approximate surface area is 222 Å². The molecule has 0 aliphatic carbocycles. The Balaban J connectivity index is 1.59. The molecule has 2 aromatic heterocycles. The zero-order valence-corrected chi connectivity index (χ0v) is 22.2. The lowest BCUT2D eigenvalue weighted by Gasteiger charge is -2.28. The number of nitrogens with zero attached hydrogens (tertiary/aromatic N) is 3. The molecule has 0 unspecified atom stereocenters. The van der Waals surface area contributed by atoms with E-state index in [1.807, 2.05) is 30.6 Å². The fourth-order valence-corrected chi connectivity index (χ4v) is 4.77. The highest BCUT2D eigenvalue weighted by Crippen LogP contribution is 2.38. The fourth-order valence-electron chi connectivity index (χ4n) is 4.56. The van der Waals surface area contributed by atoms with Crippen LogP contribution in [-0.2, 0) is 0 Å². The van der Waals surface area contributed by atoms with Crippen molar-refractivity contribution < 1.29 is 4.39 Å². The zero-order valence-electron chi connectivity index (χ0n) is 21.4. The van der Waals surface area contributed by atoms with Crippen LogP contribution >= 0.6 is 11.6 Å². The standard InChI is InChI=1S/C30H31ClFN5/c1-18(2)19(3)25-17-34-28-7-5-21(22-14-26(31)20(4)27(32)15-22)13-24(28)30(25)36-23-6-8-29(35-16-23)37-11-9-33-10-12-37/h5-8,13-18,33H,3,9-12H2,1-2,4H3,(H,34,36). The molecule has 0 amide bonds. The van der Waals surface area contributed by atoms with Gasteiger partial charge in [0, 0.05) is 53.9 Å². The predicted octanol–water partition coefficient (Wildman–Crippen LogP) is 7.22. The molecule has 2 N–H and O–H groups in total. The highest BCUT2D eigenvalue weighted by molar-refractivity contribution is 6.31. The van der Waals surface area contributed by atoms with Gasteiger partial charge in [-0.3, -0.25) is 4.98 Å². The first-order chi connectivity index (χ1) is 17.8. The van der Waals surface area contributed by atoms with Gasteiger partial charge < -0.3 is 15.5 Å². The lowest BCUT2D eigenvalue weighted by molar-refractivity contribution is 0.585. The van der Waals surface area contributed by atoms with Gasteiger partial charge in [-0.05, 0) is 65.9 Å². The van der Waals surface area contributed by atoms with Gasteiger partial charge in [0.15, 0.2) is 0 Å². The van der Waals surface area contributed by atoms with Crippen LogP contribution in [0.2, 0.25) is 5.02 Å². The van der Waals surface area contributed by atoms with E-state index in [9.17, 15) is 4.39 Å². The van der Waals surface area contributed by atoms with E-state index in [0.29, 0.717) is 10.6 Å². The maximum Gasteiger partial charge on any atom is 0.128 e. The Morgan fingerprint density at radius 1 is 1.05 bits per heavy atom. The first-order valence-electron chi connectivity index (χ1n) is 12.6. The van der Waals surface area contributed by atoms with Crippen molar-refractivity contribution in [3.05, 3.63) is 83.4 Å². The molecule has 4 aromatic rings. The summed E-state index contributed by atoms with van der Waals surface area (Å²) in [6.07, 6.45) is 3.74. The molecule has 1 fully saturated rings. The normalized spacial score (nSPS) is 13.8. The van der Waals surface area contributed by atoms with Gasteiger partial charge in [-0.2, -0.15) is 0 Å². The Morgan fingerprint density at radius 2 is 1.84 bits per heavy atom. The van der Waals surface area contributed by atoms with Crippen molar-refractivity contribution in [1.82, 2.24) is 15.3 Å². The number of nitrogens with one attached hydrogen (secondary N) is 2. The molecule has 5 rings (SSSR count). The van der Waals surface area contributed by atoms with Crippen molar-refractivity contribution in [1.29, 1.82) is 0 Å². The van der Waals surface area contributed by atoms with E-state index >= 15 is 0 Å². The summed E-state index contributed by atoms with van der Waals surface area (Å²) in [6.45, 7) is 14.1. The van der Waals surface area contributed by atoms with Crippen LogP contribution in [0.15, 0.2) is 61.4 Å². The van der Waals surface area contributed by atoms with Gasteiger partial charge in [-0.15, -0.1) is 0 Å². The molecule has 1 saturated heterocycles. The zero-order chi connectivity index (χ0) is 26.1. The SMILES string of the molecule is C=C(c1cnc2ccc(-c3cc(F)c(C)c(Cl)c3)cc2c1Nc1ccc(N2CCNCC2)nc1)C(C)C.